The first kappa shape index (κ1) is 12.3. The molecule has 0 aliphatic heterocycles. The number of pyridine rings is 1. The number of aryl methyl sites for hydroxylation is 1. The fourth-order valence-electron chi connectivity index (χ4n) is 2.24. The number of fused-ring (bicyclic) bond motifs is 1. The van der Waals surface area contributed by atoms with Crippen LogP contribution in [0.2, 0.25) is 0 Å². The van der Waals surface area contributed by atoms with Crippen molar-refractivity contribution in [1.82, 2.24) is 14.1 Å². The van der Waals surface area contributed by atoms with Crippen molar-refractivity contribution in [2.45, 2.75) is 6.54 Å². The lowest BCUT2D eigenvalue weighted by Gasteiger charge is -2.09. The lowest BCUT2D eigenvalue weighted by atomic mass is 10.2. The fraction of sp³-hybridized carbons (Fsp3) is 0.133. The lowest BCUT2D eigenvalue weighted by Crippen LogP contribution is -2.39. The Morgan fingerprint density at radius 2 is 1.80 bits per heavy atom. The van der Waals surface area contributed by atoms with E-state index < -0.39 is 0 Å². The van der Waals surface area contributed by atoms with Gasteiger partial charge in [0.05, 0.1) is 11.9 Å². The molecule has 5 nitrogen and oxygen atoms in total. The first-order valence-corrected chi connectivity index (χ1v) is 6.27. The second-order valence-electron chi connectivity index (χ2n) is 4.59. The summed E-state index contributed by atoms with van der Waals surface area (Å²) >= 11 is 0. The van der Waals surface area contributed by atoms with E-state index in [1.54, 1.807) is 25.4 Å². The first-order chi connectivity index (χ1) is 9.68. The van der Waals surface area contributed by atoms with E-state index >= 15 is 0 Å². The molecule has 5 heteroatoms. The van der Waals surface area contributed by atoms with Crippen LogP contribution in [0.5, 0.6) is 0 Å². The molecule has 0 bridgehead atoms. The number of hydrogen-bond donors (Lipinski definition) is 0. The molecule has 1 aromatic carbocycles. The lowest BCUT2D eigenvalue weighted by molar-refractivity contribution is 0.657. The van der Waals surface area contributed by atoms with Gasteiger partial charge in [0.2, 0.25) is 0 Å². The third-order valence-electron chi connectivity index (χ3n) is 3.28. The van der Waals surface area contributed by atoms with Crippen LogP contribution in [-0.4, -0.2) is 14.1 Å². The Hall–Kier alpha value is -2.69. The molecule has 3 aromatic rings. The molecule has 0 spiro atoms. The van der Waals surface area contributed by atoms with Crippen LogP contribution in [-0.2, 0) is 13.6 Å². The van der Waals surface area contributed by atoms with Gasteiger partial charge in [0.25, 0.3) is 5.56 Å². The molecule has 0 amide bonds. The van der Waals surface area contributed by atoms with Gasteiger partial charge in [-0.25, -0.2) is 9.78 Å². The van der Waals surface area contributed by atoms with E-state index in [-0.39, 0.29) is 17.8 Å². The largest absolute Gasteiger partial charge is 0.332 e. The summed E-state index contributed by atoms with van der Waals surface area (Å²) in [5.41, 5.74) is 0.659. The second-order valence-corrected chi connectivity index (χ2v) is 4.59. The van der Waals surface area contributed by atoms with Gasteiger partial charge < -0.3 is 0 Å². The number of rotatable bonds is 2. The van der Waals surface area contributed by atoms with Gasteiger partial charge in [0, 0.05) is 13.2 Å². The molecule has 0 saturated heterocycles. The highest BCUT2D eigenvalue weighted by Gasteiger charge is 2.11. The molecule has 0 aliphatic carbocycles. The van der Waals surface area contributed by atoms with Crippen LogP contribution in [0.25, 0.3) is 11.0 Å². The standard InChI is InChI=1S/C15H13N3O2/c1-17-13-12(8-5-9-16-13)14(19)18(15(17)20)10-11-6-3-2-4-7-11/h2-9H,10H2,1H3. The smallest absolute Gasteiger partial charge is 0.280 e. The van der Waals surface area contributed by atoms with Gasteiger partial charge >= 0.3 is 5.69 Å². The minimum absolute atomic E-state index is 0.261. The monoisotopic (exact) mass is 267 g/mol. The molecule has 0 radical (unpaired) electrons. The average Bonchev–Trinajstić information content (AvgIpc) is 2.50. The summed E-state index contributed by atoms with van der Waals surface area (Å²) in [6, 6.07) is 12.8. The average molecular weight is 267 g/mol. The Balaban J connectivity index is 2.27. The summed E-state index contributed by atoms with van der Waals surface area (Å²) in [6.07, 6.45) is 1.57. The van der Waals surface area contributed by atoms with Gasteiger partial charge in [-0.2, -0.15) is 0 Å². The zero-order valence-corrected chi connectivity index (χ0v) is 11.0. The summed E-state index contributed by atoms with van der Waals surface area (Å²) in [5, 5.41) is 0.450. The molecule has 2 aromatic heterocycles. The van der Waals surface area contributed by atoms with E-state index in [1.165, 1.54) is 9.13 Å². The summed E-state index contributed by atoms with van der Waals surface area (Å²) in [5.74, 6) is 0. The van der Waals surface area contributed by atoms with Crippen molar-refractivity contribution in [3.8, 4) is 0 Å². The normalized spacial score (nSPS) is 10.8. The molecule has 20 heavy (non-hydrogen) atoms. The number of hydrogen-bond acceptors (Lipinski definition) is 3. The van der Waals surface area contributed by atoms with Gasteiger partial charge in [-0.1, -0.05) is 30.3 Å². The second kappa shape index (κ2) is 4.77. The summed E-state index contributed by atoms with van der Waals surface area (Å²) in [7, 11) is 1.62. The highest BCUT2D eigenvalue weighted by atomic mass is 16.2. The number of benzene rings is 1. The molecule has 0 aliphatic rings. The third kappa shape index (κ3) is 1.93. The Morgan fingerprint density at radius 1 is 1.05 bits per heavy atom. The van der Waals surface area contributed by atoms with Crippen molar-refractivity contribution >= 4 is 11.0 Å². The Labute approximate surface area is 114 Å². The maximum Gasteiger partial charge on any atom is 0.332 e. The number of aromatic nitrogens is 3. The molecular weight excluding hydrogens is 254 g/mol. The van der Waals surface area contributed by atoms with Crippen LogP contribution in [0.4, 0.5) is 0 Å². The van der Waals surface area contributed by atoms with Gasteiger partial charge in [0.15, 0.2) is 0 Å². The quantitative estimate of drug-likeness (QED) is 0.699. The predicted molar refractivity (Wildman–Crippen MR) is 76.8 cm³/mol. The van der Waals surface area contributed by atoms with E-state index in [0.29, 0.717) is 11.0 Å². The summed E-state index contributed by atoms with van der Waals surface area (Å²) in [6.45, 7) is 0.261. The van der Waals surface area contributed by atoms with Crippen LogP contribution in [0.3, 0.4) is 0 Å². The van der Waals surface area contributed by atoms with Crippen molar-refractivity contribution in [3.05, 3.63) is 75.1 Å². The van der Waals surface area contributed by atoms with Crippen LogP contribution >= 0.6 is 0 Å². The minimum atomic E-state index is -0.356. The van der Waals surface area contributed by atoms with Crippen molar-refractivity contribution < 1.29 is 0 Å². The van der Waals surface area contributed by atoms with Crippen LogP contribution in [0.15, 0.2) is 58.3 Å². The maximum absolute atomic E-state index is 12.4. The Kier molecular flexibility index (Phi) is 2.95. The van der Waals surface area contributed by atoms with Gasteiger partial charge in [-0.05, 0) is 17.7 Å². The zero-order chi connectivity index (χ0) is 14.1. The molecule has 2 heterocycles. The van der Waals surface area contributed by atoms with Crippen molar-refractivity contribution in [2.24, 2.45) is 7.05 Å². The predicted octanol–water partition coefficient (Wildman–Crippen LogP) is 1.14. The number of nitrogens with zero attached hydrogens (tertiary/aromatic N) is 3. The molecule has 0 N–H and O–H groups in total. The molecule has 0 atom stereocenters. The Bertz CT molecular complexity index is 879. The molecule has 0 saturated carbocycles. The van der Waals surface area contributed by atoms with E-state index in [0.717, 1.165) is 5.56 Å². The molecule has 0 fully saturated rings. The molecule has 100 valence electrons. The van der Waals surface area contributed by atoms with Crippen LogP contribution in [0.1, 0.15) is 5.56 Å². The summed E-state index contributed by atoms with van der Waals surface area (Å²) < 4.78 is 2.64. The van der Waals surface area contributed by atoms with Crippen LogP contribution in [0, 0.1) is 0 Å². The summed E-state index contributed by atoms with van der Waals surface area (Å²) in [4.78, 5) is 28.8. The fourth-order valence-corrected chi connectivity index (χ4v) is 2.24. The van der Waals surface area contributed by atoms with E-state index in [9.17, 15) is 9.59 Å². The minimum Gasteiger partial charge on any atom is -0.280 e. The maximum atomic E-state index is 12.4. The highest BCUT2D eigenvalue weighted by molar-refractivity contribution is 5.73. The highest BCUT2D eigenvalue weighted by Crippen LogP contribution is 2.04. The van der Waals surface area contributed by atoms with E-state index in [1.807, 2.05) is 30.3 Å². The van der Waals surface area contributed by atoms with Crippen molar-refractivity contribution in [2.75, 3.05) is 0 Å². The topological polar surface area (TPSA) is 56.9 Å². The SMILES string of the molecule is Cn1c(=O)n(Cc2ccccc2)c(=O)c2cccnc21. The van der Waals surface area contributed by atoms with E-state index in [4.69, 9.17) is 0 Å². The third-order valence-corrected chi connectivity index (χ3v) is 3.28. The van der Waals surface area contributed by atoms with Gasteiger partial charge in [-0.3, -0.25) is 13.9 Å². The van der Waals surface area contributed by atoms with Crippen LogP contribution < -0.4 is 11.2 Å². The first-order valence-electron chi connectivity index (χ1n) is 6.27. The van der Waals surface area contributed by atoms with E-state index in [2.05, 4.69) is 4.98 Å². The van der Waals surface area contributed by atoms with Crippen molar-refractivity contribution in [3.63, 3.8) is 0 Å². The van der Waals surface area contributed by atoms with Gasteiger partial charge in [0.1, 0.15) is 5.65 Å². The molecular formula is C15H13N3O2. The Morgan fingerprint density at radius 3 is 2.55 bits per heavy atom. The zero-order valence-electron chi connectivity index (χ0n) is 11.0. The molecule has 3 rings (SSSR count). The van der Waals surface area contributed by atoms with Gasteiger partial charge in [-0.15, -0.1) is 0 Å². The molecule has 0 unspecified atom stereocenters. The van der Waals surface area contributed by atoms with Crippen molar-refractivity contribution in [1.29, 1.82) is 0 Å².